The molecular weight excluding hydrogens is 394 g/mol. The monoisotopic (exact) mass is 423 g/mol. The molecule has 158 valence electrons. The Morgan fingerprint density at radius 2 is 1.90 bits per heavy atom. The Labute approximate surface area is 181 Å². The molecule has 0 unspecified atom stereocenters. The van der Waals surface area contributed by atoms with Crippen molar-refractivity contribution in [2.45, 2.75) is 39.0 Å². The average Bonchev–Trinajstić information content (AvgIpc) is 3.18. The van der Waals surface area contributed by atoms with Crippen molar-refractivity contribution >= 4 is 33.1 Å². The highest BCUT2D eigenvalue weighted by atomic mass is 32.1. The number of amides is 1. The number of aliphatic hydroxyl groups excluding tert-OH is 1. The van der Waals surface area contributed by atoms with Crippen LogP contribution in [0.4, 0.5) is 5.82 Å². The summed E-state index contributed by atoms with van der Waals surface area (Å²) in [6.07, 6.45) is 3.51. The van der Waals surface area contributed by atoms with E-state index in [2.05, 4.69) is 61.0 Å². The van der Waals surface area contributed by atoms with E-state index in [1.54, 1.807) is 17.5 Å². The van der Waals surface area contributed by atoms with Gasteiger partial charge in [0, 0.05) is 36.2 Å². The zero-order chi connectivity index (χ0) is 21.5. The summed E-state index contributed by atoms with van der Waals surface area (Å²) in [6.45, 7) is 8.57. The molecule has 30 heavy (non-hydrogen) atoms. The predicted octanol–water partition coefficient (Wildman–Crippen LogP) is 4.57. The number of anilines is 1. The van der Waals surface area contributed by atoms with E-state index in [9.17, 15) is 9.90 Å². The van der Waals surface area contributed by atoms with Crippen molar-refractivity contribution < 1.29 is 9.90 Å². The summed E-state index contributed by atoms with van der Waals surface area (Å²) < 4.78 is 0.895. The van der Waals surface area contributed by atoms with Crippen molar-refractivity contribution in [3.8, 4) is 10.4 Å². The summed E-state index contributed by atoms with van der Waals surface area (Å²) in [5.74, 6) is 0.815. The van der Waals surface area contributed by atoms with E-state index >= 15 is 0 Å². The molecule has 1 fully saturated rings. The number of rotatable bonds is 4. The van der Waals surface area contributed by atoms with Crippen LogP contribution in [0.2, 0.25) is 0 Å². The van der Waals surface area contributed by atoms with Crippen LogP contribution in [0.5, 0.6) is 0 Å². The van der Waals surface area contributed by atoms with E-state index in [0.717, 1.165) is 52.3 Å². The maximum absolute atomic E-state index is 12.0. The Kier molecular flexibility index (Phi) is 5.55. The van der Waals surface area contributed by atoms with Gasteiger partial charge in [-0.25, -0.2) is 4.98 Å². The summed E-state index contributed by atoms with van der Waals surface area (Å²) in [5, 5.41) is 10.4. The quantitative estimate of drug-likeness (QED) is 0.644. The Balaban J connectivity index is 1.76. The smallest absolute Gasteiger partial charge is 0.251 e. The summed E-state index contributed by atoms with van der Waals surface area (Å²) in [6, 6.07) is 10.8. The van der Waals surface area contributed by atoms with Crippen LogP contribution >= 0.6 is 11.3 Å². The molecule has 3 heterocycles. The molecule has 1 aliphatic heterocycles. The molecule has 0 radical (unpaired) electrons. The molecule has 1 saturated heterocycles. The molecule has 0 bridgehead atoms. The van der Waals surface area contributed by atoms with E-state index < -0.39 is 5.91 Å². The molecule has 1 aromatic carbocycles. The van der Waals surface area contributed by atoms with Crippen LogP contribution < -0.4 is 10.6 Å². The number of pyridine rings is 1. The number of fused-ring (bicyclic) bond motifs is 1. The molecular formula is C24H29N3O2S. The fourth-order valence-corrected chi connectivity index (χ4v) is 5.22. The molecule has 0 aliphatic carbocycles. The maximum atomic E-state index is 12.0. The van der Waals surface area contributed by atoms with Gasteiger partial charge in [0.05, 0.1) is 10.3 Å². The predicted molar refractivity (Wildman–Crippen MR) is 124 cm³/mol. The van der Waals surface area contributed by atoms with Crippen LogP contribution in [0.25, 0.3) is 20.5 Å². The first-order chi connectivity index (χ1) is 14.3. The number of piperidine rings is 1. The van der Waals surface area contributed by atoms with E-state index in [0.29, 0.717) is 11.5 Å². The largest absolute Gasteiger partial charge is 0.396 e. The second-order valence-corrected chi connectivity index (χ2v) is 10.2. The lowest BCUT2D eigenvalue weighted by atomic mass is 9.86. The lowest BCUT2D eigenvalue weighted by Crippen LogP contribution is -2.35. The minimum Gasteiger partial charge on any atom is -0.396 e. The molecule has 3 N–H and O–H groups in total. The molecule has 4 rings (SSSR count). The van der Waals surface area contributed by atoms with Gasteiger partial charge in [-0.3, -0.25) is 4.79 Å². The molecule has 3 aromatic rings. The standard InChI is InChI=1S/C24H29N3O2S/c1-24(2,3)17-6-4-16(5-7-17)20-12-18-21(30-20)19(22(25)29)13-26-23(18)27-10-8-15(14-28)9-11-27/h4-7,12-13,15,28H,8-11,14H2,1-3H3,(H2,25,29). The second kappa shape index (κ2) is 8.00. The number of aromatic nitrogens is 1. The fraction of sp³-hybridized carbons (Fsp3) is 0.417. The van der Waals surface area contributed by atoms with Gasteiger partial charge >= 0.3 is 0 Å². The van der Waals surface area contributed by atoms with Gasteiger partial charge in [0.25, 0.3) is 5.91 Å². The van der Waals surface area contributed by atoms with Gasteiger partial charge in [-0.1, -0.05) is 45.0 Å². The summed E-state index contributed by atoms with van der Waals surface area (Å²) in [5.41, 5.74) is 8.65. The summed E-state index contributed by atoms with van der Waals surface area (Å²) in [4.78, 5) is 20.0. The molecule has 0 atom stereocenters. The Bertz CT molecular complexity index is 1060. The number of carbonyl (C=O) groups excluding carboxylic acids is 1. The summed E-state index contributed by atoms with van der Waals surface area (Å²) >= 11 is 1.59. The van der Waals surface area contributed by atoms with Crippen LogP contribution in [0, 0.1) is 5.92 Å². The Morgan fingerprint density at radius 1 is 1.23 bits per heavy atom. The average molecular weight is 424 g/mol. The first-order valence-corrected chi connectivity index (χ1v) is 11.3. The number of carbonyl (C=O) groups is 1. The highest BCUT2D eigenvalue weighted by Crippen LogP contribution is 2.40. The van der Waals surface area contributed by atoms with Gasteiger partial charge < -0.3 is 15.7 Å². The number of nitrogens with zero attached hydrogens (tertiary/aromatic N) is 2. The lowest BCUT2D eigenvalue weighted by Gasteiger charge is -2.32. The number of thiophene rings is 1. The van der Waals surface area contributed by atoms with Gasteiger partial charge in [-0.2, -0.15) is 0 Å². The number of nitrogens with two attached hydrogens (primary N) is 1. The van der Waals surface area contributed by atoms with E-state index in [4.69, 9.17) is 5.73 Å². The highest BCUT2D eigenvalue weighted by molar-refractivity contribution is 7.22. The third-order valence-corrected chi connectivity index (χ3v) is 7.22. The van der Waals surface area contributed by atoms with Crippen LogP contribution in [-0.4, -0.2) is 35.7 Å². The first kappa shape index (κ1) is 20.8. The minimum atomic E-state index is -0.450. The van der Waals surface area contributed by atoms with Gasteiger partial charge in [-0.15, -0.1) is 11.3 Å². The van der Waals surface area contributed by atoms with Crippen LogP contribution in [0.3, 0.4) is 0 Å². The van der Waals surface area contributed by atoms with Crippen molar-refractivity contribution in [3.05, 3.63) is 47.7 Å². The van der Waals surface area contributed by atoms with Crippen molar-refractivity contribution in [1.82, 2.24) is 4.98 Å². The van der Waals surface area contributed by atoms with Crippen molar-refractivity contribution in [2.75, 3.05) is 24.6 Å². The molecule has 5 nitrogen and oxygen atoms in total. The molecule has 2 aromatic heterocycles. The fourth-order valence-electron chi connectivity index (χ4n) is 4.04. The molecule has 1 aliphatic rings. The number of benzene rings is 1. The van der Waals surface area contributed by atoms with Crippen molar-refractivity contribution in [3.63, 3.8) is 0 Å². The SMILES string of the molecule is CC(C)(C)c1ccc(-c2cc3c(N4CCC(CO)CC4)ncc(C(N)=O)c3s2)cc1. The number of hydrogen-bond acceptors (Lipinski definition) is 5. The highest BCUT2D eigenvalue weighted by Gasteiger charge is 2.24. The van der Waals surface area contributed by atoms with Crippen molar-refractivity contribution in [1.29, 1.82) is 0 Å². The number of primary amides is 1. The van der Waals surface area contributed by atoms with Crippen LogP contribution in [0.1, 0.15) is 49.5 Å². The minimum absolute atomic E-state index is 0.107. The first-order valence-electron chi connectivity index (χ1n) is 10.5. The molecule has 6 heteroatoms. The third kappa shape index (κ3) is 3.94. The van der Waals surface area contributed by atoms with E-state index in [1.807, 2.05) is 0 Å². The Morgan fingerprint density at radius 3 is 2.47 bits per heavy atom. The number of aliphatic hydroxyl groups is 1. The van der Waals surface area contributed by atoms with E-state index in [1.165, 1.54) is 5.56 Å². The second-order valence-electron chi connectivity index (χ2n) is 9.15. The maximum Gasteiger partial charge on any atom is 0.251 e. The van der Waals surface area contributed by atoms with Crippen LogP contribution in [-0.2, 0) is 5.41 Å². The van der Waals surface area contributed by atoms with Gasteiger partial charge in [0.15, 0.2) is 0 Å². The van der Waals surface area contributed by atoms with E-state index in [-0.39, 0.29) is 12.0 Å². The molecule has 0 spiro atoms. The molecule has 0 saturated carbocycles. The zero-order valence-corrected chi connectivity index (χ0v) is 18.6. The third-order valence-electron chi connectivity index (χ3n) is 6.01. The zero-order valence-electron chi connectivity index (χ0n) is 17.8. The Hall–Kier alpha value is -2.44. The van der Waals surface area contributed by atoms with Gasteiger partial charge in [-0.05, 0) is 41.4 Å². The molecule has 1 amide bonds. The van der Waals surface area contributed by atoms with Crippen LogP contribution in [0.15, 0.2) is 36.5 Å². The van der Waals surface area contributed by atoms with Gasteiger partial charge in [0.2, 0.25) is 0 Å². The van der Waals surface area contributed by atoms with Crippen molar-refractivity contribution in [2.24, 2.45) is 11.7 Å². The van der Waals surface area contributed by atoms with Gasteiger partial charge in [0.1, 0.15) is 5.82 Å². The number of hydrogen-bond donors (Lipinski definition) is 2. The topological polar surface area (TPSA) is 79.4 Å². The lowest BCUT2D eigenvalue weighted by molar-refractivity contribution is 0.100. The normalized spacial score (nSPS) is 15.7. The summed E-state index contributed by atoms with van der Waals surface area (Å²) in [7, 11) is 0.